The summed E-state index contributed by atoms with van der Waals surface area (Å²) in [5.74, 6) is 0. The summed E-state index contributed by atoms with van der Waals surface area (Å²) in [6, 6.07) is 7.01. The van der Waals surface area contributed by atoms with Crippen LogP contribution >= 0.6 is 0 Å². The van der Waals surface area contributed by atoms with E-state index in [1.54, 1.807) is 4.68 Å². The molecule has 0 bridgehead atoms. The van der Waals surface area contributed by atoms with E-state index in [1.165, 1.54) is 12.1 Å². The Kier molecular flexibility index (Phi) is 3.90. The summed E-state index contributed by atoms with van der Waals surface area (Å²) in [7, 11) is 1.83. The van der Waals surface area contributed by atoms with Gasteiger partial charge in [0.25, 0.3) is 0 Å². The molecule has 1 aromatic carbocycles. The van der Waals surface area contributed by atoms with Crippen LogP contribution < -0.4 is 5.32 Å². The number of rotatable bonds is 4. The van der Waals surface area contributed by atoms with E-state index in [-0.39, 0.29) is 0 Å². The van der Waals surface area contributed by atoms with E-state index in [2.05, 4.69) is 10.4 Å². The van der Waals surface area contributed by atoms with Crippen LogP contribution in [0.4, 0.5) is 13.2 Å². The van der Waals surface area contributed by atoms with Gasteiger partial charge in [0.1, 0.15) is 0 Å². The van der Waals surface area contributed by atoms with E-state index in [4.69, 9.17) is 0 Å². The van der Waals surface area contributed by atoms with E-state index in [0.29, 0.717) is 13.1 Å². The van der Waals surface area contributed by atoms with Gasteiger partial charge in [0.05, 0.1) is 17.8 Å². The summed E-state index contributed by atoms with van der Waals surface area (Å²) in [6.45, 7) is 1.13. The Morgan fingerprint density at radius 3 is 2.42 bits per heavy atom. The zero-order valence-electron chi connectivity index (χ0n) is 10.4. The molecule has 102 valence electrons. The average molecular weight is 269 g/mol. The zero-order valence-corrected chi connectivity index (χ0v) is 10.4. The van der Waals surface area contributed by atoms with Crippen molar-refractivity contribution in [2.24, 2.45) is 0 Å². The first kappa shape index (κ1) is 13.6. The first-order chi connectivity index (χ1) is 8.99. The maximum absolute atomic E-state index is 12.4. The van der Waals surface area contributed by atoms with Gasteiger partial charge in [-0.2, -0.15) is 18.3 Å². The van der Waals surface area contributed by atoms with Crippen molar-refractivity contribution in [3.63, 3.8) is 0 Å². The van der Waals surface area contributed by atoms with Crippen molar-refractivity contribution >= 4 is 0 Å². The van der Waals surface area contributed by atoms with Crippen molar-refractivity contribution in [2.45, 2.75) is 19.3 Å². The van der Waals surface area contributed by atoms with Crippen molar-refractivity contribution in [3.05, 3.63) is 53.3 Å². The van der Waals surface area contributed by atoms with Crippen LogP contribution in [0.25, 0.3) is 0 Å². The molecule has 0 fully saturated rings. The Morgan fingerprint density at radius 2 is 1.84 bits per heavy atom. The maximum Gasteiger partial charge on any atom is 0.416 e. The predicted octanol–water partition coefficient (Wildman–Crippen LogP) is 2.67. The quantitative estimate of drug-likeness (QED) is 0.924. The molecule has 6 heteroatoms. The van der Waals surface area contributed by atoms with Crippen LogP contribution in [-0.4, -0.2) is 16.8 Å². The van der Waals surface area contributed by atoms with Crippen LogP contribution in [0.2, 0.25) is 0 Å². The first-order valence-electron chi connectivity index (χ1n) is 5.82. The number of benzene rings is 1. The standard InChI is InChI=1S/C13H14F3N3/c1-17-8-12-6-7-19(18-12)9-10-2-4-11(5-3-10)13(14,15)16/h2-7,17H,8-9H2,1H3. The molecule has 0 saturated carbocycles. The minimum absolute atomic E-state index is 0.460. The third-order valence-corrected chi connectivity index (χ3v) is 2.68. The van der Waals surface area contributed by atoms with Gasteiger partial charge >= 0.3 is 6.18 Å². The number of halogens is 3. The molecule has 0 aliphatic heterocycles. The molecular formula is C13H14F3N3. The molecule has 0 saturated heterocycles. The lowest BCUT2D eigenvalue weighted by Crippen LogP contribution is -2.08. The van der Waals surface area contributed by atoms with Gasteiger partial charge in [-0.25, -0.2) is 0 Å². The lowest BCUT2D eigenvalue weighted by molar-refractivity contribution is -0.137. The maximum atomic E-state index is 12.4. The number of aromatic nitrogens is 2. The topological polar surface area (TPSA) is 29.9 Å². The van der Waals surface area contributed by atoms with Gasteiger partial charge in [0.2, 0.25) is 0 Å². The summed E-state index contributed by atoms with van der Waals surface area (Å²) in [5.41, 5.74) is 1.05. The van der Waals surface area contributed by atoms with Crippen LogP contribution in [0.3, 0.4) is 0 Å². The van der Waals surface area contributed by atoms with Gasteiger partial charge in [0, 0.05) is 12.7 Å². The molecular weight excluding hydrogens is 255 g/mol. The Hall–Kier alpha value is -1.82. The average Bonchev–Trinajstić information content (AvgIpc) is 2.77. The highest BCUT2D eigenvalue weighted by molar-refractivity contribution is 5.24. The second-order valence-corrected chi connectivity index (χ2v) is 4.23. The van der Waals surface area contributed by atoms with Gasteiger partial charge in [-0.1, -0.05) is 12.1 Å². The van der Waals surface area contributed by atoms with Crippen LogP contribution in [0, 0.1) is 0 Å². The Balaban J connectivity index is 2.06. The molecule has 2 aromatic rings. The third-order valence-electron chi connectivity index (χ3n) is 2.68. The SMILES string of the molecule is CNCc1ccn(Cc2ccc(C(F)(F)F)cc2)n1. The van der Waals surface area contributed by atoms with Crippen molar-refractivity contribution in [1.29, 1.82) is 0 Å². The number of alkyl halides is 3. The lowest BCUT2D eigenvalue weighted by Gasteiger charge is -2.07. The summed E-state index contributed by atoms with van der Waals surface area (Å²) in [4.78, 5) is 0. The van der Waals surface area contributed by atoms with Gasteiger partial charge in [0.15, 0.2) is 0 Å². The van der Waals surface area contributed by atoms with E-state index >= 15 is 0 Å². The highest BCUT2D eigenvalue weighted by atomic mass is 19.4. The fourth-order valence-electron chi connectivity index (χ4n) is 1.75. The van der Waals surface area contributed by atoms with Gasteiger partial charge < -0.3 is 5.32 Å². The molecule has 0 aliphatic rings. The van der Waals surface area contributed by atoms with Crippen LogP contribution in [0.5, 0.6) is 0 Å². The van der Waals surface area contributed by atoms with E-state index in [1.807, 2.05) is 19.3 Å². The molecule has 3 nitrogen and oxygen atoms in total. The molecule has 0 aliphatic carbocycles. The summed E-state index contributed by atoms with van der Waals surface area (Å²) in [6.07, 6.45) is -2.48. The van der Waals surface area contributed by atoms with Crippen LogP contribution in [-0.2, 0) is 19.3 Å². The molecule has 2 rings (SSSR count). The van der Waals surface area contributed by atoms with Crippen molar-refractivity contribution in [1.82, 2.24) is 15.1 Å². The van der Waals surface area contributed by atoms with Gasteiger partial charge in [-0.15, -0.1) is 0 Å². The number of hydrogen-bond donors (Lipinski definition) is 1. The normalized spacial score (nSPS) is 11.8. The van der Waals surface area contributed by atoms with E-state index in [0.717, 1.165) is 23.4 Å². The largest absolute Gasteiger partial charge is 0.416 e. The summed E-state index contributed by atoms with van der Waals surface area (Å²) >= 11 is 0. The van der Waals surface area contributed by atoms with Crippen molar-refractivity contribution in [3.8, 4) is 0 Å². The number of nitrogens with one attached hydrogen (secondary N) is 1. The van der Waals surface area contributed by atoms with Crippen LogP contribution in [0.1, 0.15) is 16.8 Å². The lowest BCUT2D eigenvalue weighted by atomic mass is 10.1. The summed E-state index contributed by atoms with van der Waals surface area (Å²) in [5, 5.41) is 7.28. The monoisotopic (exact) mass is 269 g/mol. The Labute approximate surface area is 109 Å². The second-order valence-electron chi connectivity index (χ2n) is 4.23. The summed E-state index contributed by atoms with van der Waals surface area (Å²) < 4.78 is 38.9. The van der Waals surface area contributed by atoms with Crippen molar-refractivity contribution in [2.75, 3.05) is 7.05 Å². The Morgan fingerprint density at radius 1 is 1.16 bits per heavy atom. The third kappa shape index (κ3) is 3.57. The molecule has 1 aromatic heterocycles. The van der Waals surface area contributed by atoms with Gasteiger partial charge in [-0.05, 0) is 30.8 Å². The predicted molar refractivity (Wildman–Crippen MR) is 65.5 cm³/mol. The molecule has 1 N–H and O–H groups in total. The van der Waals surface area contributed by atoms with Gasteiger partial charge in [-0.3, -0.25) is 4.68 Å². The minimum atomic E-state index is -4.29. The minimum Gasteiger partial charge on any atom is -0.314 e. The fourth-order valence-corrected chi connectivity index (χ4v) is 1.75. The smallest absolute Gasteiger partial charge is 0.314 e. The molecule has 1 heterocycles. The molecule has 0 atom stereocenters. The highest BCUT2D eigenvalue weighted by Crippen LogP contribution is 2.29. The zero-order chi connectivity index (χ0) is 13.9. The van der Waals surface area contributed by atoms with E-state index < -0.39 is 11.7 Å². The van der Waals surface area contributed by atoms with Crippen LogP contribution in [0.15, 0.2) is 36.5 Å². The fraction of sp³-hybridized carbons (Fsp3) is 0.308. The first-order valence-corrected chi connectivity index (χ1v) is 5.82. The number of hydrogen-bond acceptors (Lipinski definition) is 2. The van der Waals surface area contributed by atoms with Crippen molar-refractivity contribution < 1.29 is 13.2 Å². The number of nitrogens with zero attached hydrogens (tertiary/aromatic N) is 2. The van der Waals surface area contributed by atoms with E-state index in [9.17, 15) is 13.2 Å². The highest BCUT2D eigenvalue weighted by Gasteiger charge is 2.29. The molecule has 0 amide bonds. The molecule has 0 unspecified atom stereocenters. The second kappa shape index (κ2) is 5.44. The molecule has 0 radical (unpaired) electrons. The Bertz CT molecular complexity index is 529. The molecule has 19 heavy (non-hydrogen) atoms. The molecule has 0 spiro atoms.